The van der Waals surface area contributed by atoms with E-state index in [0.29, 0.717) is 16.9 Å². The number of carbonyl (C=O) groups is 2. The second-order valence-electron chi connectivity index (χ2n) is 5.39. The Kier molecular flexibility index (Phi) is 10.8. The number of pyridine rings is 2. The highest BCUT2D eigenvalue weighted by molar-refractivity contribution is 9.09. The second-order valence-corrected chi connectivity index (χ2v) is 7.08. The van der Waals surface area contributed by atoms with Gasteiger partial charge in [0.2, 0.25) is 5.91 Å². The minimum atomic E-state index is -0.484. The van der Waals surface area contributed by atoms with Crippen LogP contribution in [-0.4, -0.2) is 42.0 Å². The first-order valence-electron chi connectivity index (χ1n) is 7.88. The van der Waals surface area contributed by atoms with Crippen molar-refractivity contribution in [2.75, 3.05) is 20.2 Å². The van der Waals surface area contributed by atoms with Crippen LogP contribution in [0.15, 0.2) is 36.7 Å². The summed E-state index contributed by atoms with van der Waals surface area (Å²) in [6.07, 6.45) is 3.14. The van der Waals surface area contributed by atoms with Crippen molar-refractivity contribution in [2.24, 2.45) is 0 Å². The van der Waals surface area contributed by atoms with E-state index in [4.69, 9.17) is 23.2 Å². The van der Waals surface area contributed by atoms with Gasteiger partial charge < -0.3 is 15.4 Å². The number of nitrogens with one attached hydrogen (secondary N) is 2. The molecule has 2 aromatic heterocycles. The molecule has 0 bridgehead atoms. The summed E-state index contributed by atoms with van der Waals surface area (Å²) in [6, 6.07) is 6.52. The largest absolute Gasteiger partial charge is 0.468 e. The predicted molar refractivity (Wildman–Crippen MR) is 118 cm³/mol. The lowest BCUT2D eigenvalue weighted by Gasteiger charge is -2.23. The molecule has 1 fully saturated rings. The van der Waals surface area contributed by atoms with Crippen LogP contribution in [0.3, 0.4) is 0 Å². The third kappa shape index (κ3) is 7.21. The average Bonchev–Trinajstić information content (AvgIpc) is 2.69. The number of aromatic nitrogens is 2. The molecular formula is C17H21BrCl2N4O3S. The van der Waals surface area contributed by atoms with Crippen molar-refractivity contribution in [3.63, 3.8) is 0 Å². The molecule has 0 radical (unpaired) electrons. The summed E-state index contributed by atoms with van der Waals surface area (Å²) in [6.45, 7) is 1.45. The highest BCUT2D eigenvalue weighted by atomic mass is 79.9. The predicted octanol–water partition coefficient (Wildman–Crippen LogP) is 3.20. The van der Waals surface area contributed by atoms with Gasteiger partial charge in [0.1, 0.15) is 21.2 Å². The van der Waals surface area contributed by atoms with Gasteiger partial charge in [-0.25, -0.2) is 9.97 Å². The van der Waals surface area contributed by atoms with Gasteiger partial charge in [0.25, 0.3) is 0 Å². The number of methoxy groups -OCH3 is 1. The molecule has 2 atom stereocenters. The van der Waals surface area contributed by atoms with E-state index in [0.717, 1.165) is 17.7 Å². The first kappa shape index (κ1) is 24.6. The molecule has 1 aliphatic heterocycles. The zero-order valence-corrected chi connectivity index (χ0v) is 18.9. The minimum Gasteiger partial charge on any atom is -0.468 e. The Balaban J connectivity index is 0.000000507. The van der Waals surface area contributed by atoms with Crippen LogP contribution in [0.4, 0.5) is 0 Å². The topological polar surface area (TPSA) is 93.2 Å². The van der Waals surface area contributed by atoms with Crippen LogP contribution in [-0.2, 0) is 14.3 Å². The molecule has 3 heterocycles. The maximum absolute atomic E-state index is 11.4. The van der Waals surface area contributed by atoms with E-state index >= 15 is 0 Å². The van der Waals surface area contributed by atoms with Gasteiger partial charge in [0.05, 0.1) is 7.11 Å². The molecule has 154 valence electrons. The summed E-state index contributed by atoms with van der Waals surface area (Å²) < 4.78 is 4.55. The Morgan fingerprint density at radius 3 is 2.36 bits per heavy atom. The van der Waals surface area contributed by atoms with Crippen LogP contribution in [0, 0.1) is 0 Å². The van der Waals surface area contributed by atoms with Gasteiger partial charge in [0.15, 0.2) is 0 Å². The smallest absolute Gasteiger partial charge is 0.324 e. The van der Waals surface area contributed by atoms with Crippen LogP contribution in [0.25, 0.3) is 0 Å². The van der Waals surface area contributed by atoms with E-state index in [2.05, 4.69) is 41.3 Å². The quantitative estimate of drug-likeness (QED) is 0.372. The van der Waals surface area contributed by atoms with Gasteiger partial charge in [-0.05, 0) is 23.3 Å². The number of rotatable bonds is 3. The SMILES string of the molecule is COC(=O)C(Br)c1ccc(Cl)nc1.O=C1NCCNC1c1ccc(Cl)nc1.S.[3HH]. The average molecular weight is 514 g/mol. The maximum Gasteiger partial charge on any atom is 0.324 e. The first-order chi connectivity index (χ1) is 12.9. The number of hydrogen-bond acceptors (Lipinski definition) is 6. The van der Waals surface area contributed by atoms with Crippen LogP contribution in [0.1, 0.15) is 23.4 Å². The van der Waals surface area contributed by atoms with Crippen molar-refractivity contribution in [3.05, 3.63) is 58.1 Å². The standard InChI is InChI=1S/C9H10ClN3O.C8H7BrClNO2.H2S.H2/c10-7-2-1-6(5-13-7)8-9(14)12-4-3-11-8;1-13-8(12)7(9)5-2-3-6(10)11-4-5;;/h1-2,5,8,11H,3-4H2,(H,12,14);2-4,7H,1H3;1H2;1H/i;;;1+2. The highest BCUT2D eigenvalue weighted by Gasteiger charge is 2.23. The van der Waals surface area contributed by atoms with E-state index in [9.17, 15) is 9.59 Å². The molecule has 28 heavy (non-hydrogen) atoms. The fraction of sp³-hybridized carbons (Fsp3) is 0.294. The van der Waals surface area contributed by atoms with Crippen LogP contribution >= 0.6 is 52.6 Å². The molecule has 2 unspecified atom stereocenters. The van der Waals surface area contributed by atoms with E-state index in [1.807, 2.05) is 0 Å². The Morgan fingerprint density at radius 1 is 1.21 bits per heavy atom. The third-order valence-electron chi connectivity index (χ3n) is 3.57. The fourth-order valence-electron chi connectivity index (χ4n) is 2.20. The summed E-state index contributed by atoms with van der Waals surface area (Å²) >= 11 is 14.4. The third-order valence-corrected chi connectivity index (χ3v) is 4.92. The van der Waals surface area contributed by atoms with Gasteiger partial charge >= 0.3 is 5.97 Å². The first-order valence-corrected chi connectivity index (χ1v) is 9.55. The molecule has 0 saturated carbocycles. The van der Waals surface area contributed by atoms with Crippen molar-refractivity contribution in [2.45, 2.75) is 10.9 Å². The number of ether oxygens (including phenoxy) is 1. The fourth-order valence-corrected chi connectivity index (χ4v) is 2.88. The Hall–Kier alpha value is -1.39. The summed E-state index contributed by atoms with van der Waals surface area (Å²) in [4.78, 5) is 29.8. The normalized spacial score (nSPS) is 16.6. The lowest BCUT2D eigenvalue weighted by Crippen LogP contribution is -2.47. The van der Waals surface area contributed by atoms with Gasteiger partial charge in [-0.1, -0.05) is 51.3 Å². The molecule has 2 aromatic rings. The van der Waals surface area contributed by atoms with Gasteiger partial charge in [-0.2, -0.15) is 13.5 Å². The number of amides is 1. The molecule has 1 amide bonds. The van der Waals surface area contributed by atoms with E-state index in [1.165, 1.54) is 13.3 Å². The second kappa shape index (κ2) is 12.2. The zero-order valence-electron chi connectivity index (χ0n) is 14.8. The molecule has 7 nitrogen and oxygen atoms in total. The number of nitrogens with zero attached hydrogens (tertiary/aromatic N) is 2. The molecule has 11 heteroatoms. The van der Waals surface area contributed by atoms with Crippen molar-refractivity contribution < 1.29 is 15.8 Å². The van der Waals surface area contributed by atoms with Gasteiger partial charge in [-0.15, -0.1) is 0 Å². The van der Waals surface area contributed by atoms with Crippen molar-refractivity contribution in [1.29, 1.82) is 0 Å². The summed E-state index contributed by atoms with van der Waals surface area (Å²) in [5.74, 6) is -0.371. The van der Waals surface area contributed by atoms with Crippen molar-refractivity contribution in [1.82, 2.24) is 20.6 Å². The van der Waals surface area contributed by atoms with Gasteiger partial charge in [-0.3, -0.25) is 9.59 Å². The number of alkyl halides is 1. The van der Waals surface area contributed by atoms with Crippen LogP contribution in [0.5, 0.6) is 0 Å². The molecule has 0 aromatic carbocycles. The number of esters is 1. The van der Waals surface area contributed by atoms with Crippen molar-refractivity contribution in [3.8, 4) is 0 Å². The molecule has 0 aliphatic carbocycles. The van der Waals surface area contributed by atoms with Gasteiger partial charge in [0, 0.05) is 26.9 Å². The highest BCUT2D eigenvalue weighted by Crippen LogP contribution is 2.23. The molecular weight excluding hydrogens is 491 g/mol. The number of halogens is 3. The minimum absolute atomic E-state index is 0. The van der Waals surface area contributed by atoms with Crippen LogP contribution < -0.4 is 10.6 Å². The molecule has 3 rings (SSSR count). The zero-order chi connectivity index (χ0) is 19.8. The van der Waals surface area contributed by atoms with Crippen LogP contribution in [0.2, 0.25) is 10.3 Å². The lowest BCUT2D eigenvalue weighted by molar-refractivity contribution is -0.139. The molecule has 0 spiro atoms. The molecule has 1 aliphatic rings. The van der Waals surface area contributed by atoms with E-state index in [-0.39, 0.29) is 32.8 Å². The molecule has 2 N–H and O–H groups in total. The Morgan fingerprint density at radius 2 is 1.86 bits per heavy atom. The monoisotopic (exact) mass is 512 g/mol. The number of hydrogen-bond donors (Lipinski definition) is 2. The van der Waals surface area contributed by atoms with E-state index < -0.39 is 4.83 Å². The number of piperazine rings is 1. The Labute approximate surface area is 189 Å². The Bertz CT molecular complexity index is 787. The summed E-state index contributed by atoms with van der Waals surface area (Å²) in [7, 11) is 1.33. The summed E-state index contributed by atoms with van der Waals surface area (Å²) in [5.41, 5.74) is 1.56. The summed E-state index contributed by atoms with van der Waals surface area (Å²) in [5, 5.41) is 6.72. The number of carbonyl (C=O) groups excluding carboxylic acids is 2. The van der Waals surface area contributed by atoms with Crippen molar-refractivity contribution >= 4 is 64.5 Å². The lowest BCUT2D eigenvalue weighted by atomic mass is 10.1. The van der Waals surface area contributed by atoms with E-state index in [1.54, 1.807) is 30.5 Å². The molecule has 1 saturated heterocycles. The maximum atomic E-state index is 11.4.